The molecule has 0 saturated carbocycles. The molecule has 1 N–H and O–H groups in total. The third-order valence-electron chi connectivity index (χ3n) is 5.48. The van der Waals surface area contributed by atoms with E-state index in [1.807, 2.05) is 13.0 Å². The second-order valence-electron chi connectivity index (χ2n) is 8.02. The van der Waals surface area contributed by atoms with Crippen molar-refractivity contribution in [2.45, 2.75) is 13.5 Å². The van der Waals surface area contributed by atoms with Crippen LogP contribution in [-0.4, -0.2) is 43.5 Å². The van der Waals surface area contributed by atoms with Crippen LogP contribution in [0.2, 0.25) is 0 Å². The number of ether oxygens (including phenoxy) is 2. The van der Waals surface area contributed by atoms with Crippen LogP contribution in [0.1, 0.15) is 23.6 Å². The number of hydrazone groups is 1. The van der Waals surface area contributed by atoms with E-state index in [-0.39, 0.29) is 23.7 Å². The Morgan fingerprint density at radius 3 is 2.66 bits per heavy atom. The van der Waals surface area contributed by atoms with Crippen LogP contribution >= 0.6 is 11.8 Å². The summed E-state index contributed by atoms with van der Waals surface area (Å²) in [7, 11) is 0. The molecule has 0 atom stereocenters. The molecule has 11 nitrogen and oxygen atoms in total. The summed E-state index contributed by atoms with van der Waals surface area (Å²) < 4.78 is 11.6. The molecule has 2 aliphatic heterocycles. The van der Waals surface area contributed by atoms with Gasteiger partial charge in [0.15, 0.2) is 17.3 Å². The molecule has 190 valence electrons. The lowest BCUT2D eigenvalue weighted by Crippen LogP contribution is -2.35. The average molecular weight is 529 g/mol. The van der Waals surface area contributed by atoms with Crippen molar-refractivity contribution >= 4 is 45.5 Å². The fourth-order valence-electron chi connectivity index (χ4n) is 3.64. The molecule has 3 heterocycles. The molecule has 5 rings (SSSR count). The summed E-state index contributed by atoms with van der Waals surface area (Å²) >= 11 is 1.21. The molecule has 3 aromatic rings. The number of carbonyl (C=O) groups excluding carboxylic acids is 1. The normalized spacial score (nSPS) is 15.7. The number of carbonyl (C=O) groups is 1. The van der Waals surface area contributed by atoms with Crippen LogP contribution in [0.5, 0.6) is 11.5 Å². The minimum atomic E-state index is -0.534. The highest BCUT2D eigenvalue weighted by molar-refractivity contribution is 8.27. The van der Waals surface area contributed by atoms with Gasteiger partial charge in [0.2, 0.25) is 5.17 Å². The van der Waals surface area contributed by atoms with Gasteiger partial charge in [0, 0.05) is 30.1 Å². The highest BCUT2D eigenvalue weighted by Crippen LogP contribution is 2.33. The van der Waals surface area contributed by atoms with E-state index < -0.39 is 10.8 Å². The Balaban J connectivity index is 1.36. The fraction of sp³-hybridized carbons (Fsp3) is 0.115. The summed E-state index contributed by atoms with van der Waals surface area (Å²) in [4.78, 5) is 31.4. The zero-order chi connectivity index (χ0) is 26.6. The van der Waals surface area contributed by atoms with Gasteiger partial charge in [0.05, 0.1) is 17.1 Å². The van der Waals surface area contributed by atoms with Gasteiger partial charge in [-0.15, -0.1) is 0 Å². The van der Waals surface area contributed by atoms with Crippen LogP contribution in [0.4, 0.5) is 5.69 Å². The molecule has 0 radical (unpaired) electrons. The first-order valence-electron chi connectivity index (χ1n) is 11.5. The topological polar surface area (TPSA) is 143 Å². The van der Waals surface area contributed by atoms with Crippen LogP contribution in [0.3, 0.4) is 0 Å². The predicted octanol–water partition coefficient (Wildman–Crippen LogP) is 4.63. The number of pyridine rings is 1. The number of non-ortho nitro benzene ring substituents is 1. The quantitative estimate of drug-likeness (QED) is 0.253. The van der Waals surface area contributed by atoms with Crippen molar-refractivity contribution in [3.63, 3.8) is 0 Å². The van der Waals surface area contributed by atoms with Crippen LogP contribution < -0.4 is 9.47 Å². The van der Waals surface area contributed by atoms with Crippen LogP contribution in [0.15, 0.2) is 82.7 Å². The standard InChI is InChI=1S/C26H20N6O5S/c1-2-36-22-13-17(7-10-21(22)37-15-16-5-8-19(9-6-16)32(34)35)12-20-23(27)31-26(29-24(20)33)38-25(30-31)18-4-3-11-28-14-18/h3-14,27H,2,15H2,1H3/b20-12-,27-23?. The molecule has 38 heavy (non-hydrogen) atoms. The van der Waals surface area contributed by atoms with Gasteiger partial charge in [0.25, 0.3) is 11.6 Å². The first kappa shape index (κ1) is 24.8. The number of aromatic nitrogens is 1. The molecule has 0 spiro atoms. The first-order chi connectivity index (χ1) is 18.4. The molecular weight excluding hydrogens is 508 g/mol. The van der Waals surface area contributed by atoms with Crippen LogP contribution in [0.25, 0.3) is 6.08 Å². The second-order valence-corrected chi connectivity index (χ2v) is 8.97. The Morgan fingerprint density at radius 2 is 1.95 bits per heavy atom. The van der Waals surface area contributed by atoms with Gasteiger partial charge in [-0.2, -0.15) is 15.1 Å². The Morgan fingerprint density at radius 1 is 1.13 bits per heavy atom. The van der Waals surface area contributed by atoms with Gasteiger partial charge in [-0.25, -0.2) is 0 Å². The summed E-state index contributed by atoms with van der Waals surface area (Å²) in [5.74, 6) is 0.311. The highest BCUT2D eigenvalue weighted by Gasteiger charge is 2.36. The number of nitro groups is 1. The lowest BCUT2D eigenvalue weighted by atomic mass is 10.1. The predicted molar refractivity (Wildman–Crippen MR) is 143 cm³/mol. The van der Waals surface area contributed by atoms with E-state index in [0.29, 0.717) is 33.9 Å². The summed E-state index contributed by atoms with van der Waals surface area (Å²) in [6, 6.07) is 14.9. The summed E-state index contributed by atoms with van der Waals surface area (Å²) in [6.45, 7) is 2.40. The van der Waals surface area contributed by atoms with Crippen molar-refractivity contribution in [1.82, 2.24) is 9.99 Å². The minimum Gasteiger partial charge on any atom is -0.490 e. The SMILES string of the molecule is CCOc1cc(/C=C2/C(=N)N3N=C(c4cccnc4)SC3=NC2=O)ccc1OCc1ccc([N+](=O)[O-])cc1. The molecule has 12 heteroatoms. The molecule has 2 aromatic carbocycles. The first-order valence-corrected chi connectivity index (χ1v) is 12.3. The lowest BCUT2D eigenvalue weighted by Gasteiger charge is -2.20. The van der Waals surface area contributed by atoms with E-state index >= 15 is 0 Å². The number of rotatable bonds is 8. The number of nitrogens with zero attached hydrogens (tertiary/aromatic N) is 5. The maximum absolute atomic E-state index is 12.8. The number of aliphatic imine (C=N–C) groups is 1. The molecule has 0 aliphatic carbocycles. The zero-order valence-corrected chi connectivity index (χ0v) is 20.8. The van der Waals surface area contributed by atoms with Crippen molar-refractivity contribution in [3.8, 4) is 11.5 Å². The number of amidine groups is 2. The Labute approximate surface area is 221 Å². The van der Waals surface area contributed by atoms with Crippen LogP contribution in [0, 0.1) is 15.5 Å². The van der Waals surface area contributed by atoms with Crippen molar-refractivity contribution in [1.29, 1.82) is 5.41 Å². The van der Waals surface area contributed by atoms with Gasteiger partial charge >= 0.3 is 0 Å². The van der Waals surface area contributed by atoms with Crippen molar-refractivity contribution in [2.24, 2.45) is 10.1 Å². The molecule has 0 saturated heterocycles. The third-order valence-corrected chi connectivity index (χ3v) is 6.44. The molecule has 0 bridgehead atoms. The molecule has 1 amide bonds. The van der Waals surface area contributed by atoms with Gasteiger partial charge in [0.1, 0.15) is 11.7 Å². The molecule has 2 aliphatic rings. The maximum atomic E-state index is 12.8. The smallest absolute Gasteiger partial charge is 0.283 e. The monoisotopic (exact) mass is 528 g/mol. The van der Waals surface area contributed by atoms with Crippen molar-refractivity contribution in [2.75, 3.05) is 6.61 Å². The second kappa shape index (κ2) is 10.6. The molecule has 1 aromatic heterocycles. The van der Waals surface area contributed by atoms with Gasteiger partial charge in [-0.1, -0.05) is 6.07 Å². The zero-order valence-electron chi connectivity index (χ0n) is 20.0. The summed E-state index contributed by atoms with van der Waals surface area (Å²) in [5.41, 5.74) is 2.24. The molecule has 0 unspecified atom stereocenters. The van der Waals surface area contributed by atoms with Crippen molar-refractivity contribution < 1.29 is 19.2 Å². The number of hydrogen-bond donors (Lipinski definition) is 1. The number of amides is 1. The number of nitro benzene ring substituents is 1. The van der Waals surface area contributed by atoms with Gasteiger partial charge in [-0.3, -0.25) is 25.3 Å². The van der Waals surface area contributed by atoms with E-state index in [0.717, 1.165) is 11.1 Å². The molecule has 0 fully saturated rings. The van der Waals surface area contributed by atoms with Crippen LogP contribution in [-0.2, 0) is 11.4 Å². The number of nitrogens with one attached hydrogen (secondary N) is 1. The van der Waals surface area contributed by atoms with E-state index in [4.69, 9.17) is 14.9 Å². The van der Waals surface area contributed by atoms with Crippen molar-refractivity contribution in [3.05, 3.63) is 99.4 Å². The lowest BCUT2D eigenvalue weighted by molar-refractivity contribution is -0.384. The fourth-order valence-corrected chi connectivity index (χ4v) is 4.52. The summed E-state index contributed by atoms with van der Waals surface area (Å²) in [6.07, 6.45) is 4.88. The number of thioether (sulfide) groups is 1. The van der Waals surface area contributed by atoms with E-state index in [2.05, 4.69) is 15.1 Å². The number of fused-ring (bicyclic) bond motifs is 1. The minimum absolute atomic E-state index is 0.00643. The van der Waals surface area contributed by atoms with Gasteiger partial charge < -0.3 is 9.47 Å². The number of benzene rings is 2. The molecular formula is C26H20N6O5S. The van der Waals surface area contributed by atoms with E-state index in [1.54, 1.807) is 54.9 Å². The Kier molecular flexibility index (Phi) is 6.96. The Hall–Kier alpha value is -4.84. The third kappa shape index (κ3) is 5.15. The largest absolute Gasteiger partial charge is 0.490 e. The number of hydrogen-bond acceptors (Lipinski definition) is 9. The average Bonchev–Trinajstić information content (AvgIpc) is 3.36. The van der Waals surface area contributed by atoms with E-state index in [1.165, 1.54) is 28.9 Å². The maximum Gasteiger partial charge on any atom is 0.283 e. The highest BCUT2D eigenvalue weighted by atomic mass is 32.2. The summed E-state index contributed by atoms with van der Waals surface area (Å²) in [5, 5.41) is 26.2. The van der Waals surface area contributed by atoms with Gasteiger partial charge in [-0.05, 0) is 72.3 Å². The Bertz CT molecular complexity index is 1520. The van der Waals surface area contributed by atoms with E-state index in [9.17, 15) is 14.9 Å².